The minimum atomic E-state index is -0.474. The van der Waals surface area contributed by atoms with Crippen LogP contribution in [0.3, 0.4) is 0 Å². The molecular formula is C14H20N2O2. The molecule has 0 heterocycles. The molecule has 1 aromatic carbocycles. The summed E-state index contributed by atoms with van der Waals surface area (Å²) in [4.78, 5) is 10.6. The maximum Gasteiger partial charge on any atom is 0.255 e. The Morgan fingerprint density at radius 2 is 2.11 bits per heavy atom. The Morgan fingerprint density at radius 1 is 1.44 bits per heavy atom. The van der Waals surface area contributed by atoms with Gasteiger partial charge in [0, 0.05) is 6.04 Å². The van der Waals surface area contributed by atoms with Gasteiger partial charge in [0.1, 0.15) is 5.75 Å². The summed E-state index contributed by atoms with van der Waals surface area (Å²) < 4.78 is 5.18. The minimum absolute atomic E-state index is 0.0906. The maximum absolute atomic E-state index is 10.6. The topological polar surface area (TPSA) is 64.3 Å². The molecule has 1 atom stereocenters. The van der Waals surface area contributed by atoms with E-state index in [2.05, 4.69) is 25.2 Å². The predicted octanol–water partition coefficient (Wildman–Crippen LogP) is 1.56. The monoisotopic (exact) mass is 248 g/mol. The van der Waals surface area contributed by atoms with Crippen LogP contribution in [-0.2, 0) is 4.79 Å². The van der Waals surface area contributed by atoms with Gasteiger partial charge in [-0.2, -0.15) is 0 Å². The fourth-order valence-electron chi connectivity index (χ4n) is 1.48. The molecule has 4 nitrogen and oxygen atoms in total. The van der Waals surface area contributed by atoms with E-state index in [1.54, 1.807) is 0 Å². The fraction of sp³-hybridized carbons (Fsp3) is 0.357. The molecular weight excluding hydrogens is 228 g/mol. The van der Waals surface area contributed by atoms with E-state index >= 15 is 0 Å². The normalized spacial score (nSPS) is 12.6. The van der Waals surface area contributed by atoms with Crippen LogP contribution in [-0.4, -0.2) is 25.1 Å². The van der Waals surface area contributed by atoms with Crippen molar-refractivity contribution < 1.29 is 9.53 Å². The van der Waals surface area contributed by atoms with E-state index in [-0.39, 0.29) is 6.61 Å². The summed E-state index contributed by atoms with van der Waals surface area (Å²) in [5.74, 6) is 0.170. The first-order valence-electron chi connectivity index (χ1n) is 6.04. The van der Waals surface area contributed by atoms with Crippen molar-refractivity contribution in [2.24, 2.45) is 5.73 Å². The van der Waals surface area contributed by atoms with Crippen molar-refractivity contribution in [3.8, 4) is 5.75 Å². The van der Waals surface area contributed by atoms with Crippen molar-refractivity contribution >= 4 is 12.0 Å². The molecule has 4 heteroatoms. The third kappa shape index (κ3) is 5.50. The zero-order valence-corrected chi connectivity index (χ0v) is 10.8. The Labute approximate surface area is 108 Å². The number of carbonyl (C=O) groups excluding carboxylic acids is 1. The Kier molecular flexibility index (Phi) is 5.94. The highest BCUT2D eigenvalue weighted by Crippen LogP contribution is 2.13. The minimum Gasteiger partial charge on any atom is -0.484 e. The van der Waals surface area contributed by atoms with Gasteiger partial charge in [-0.1, -0.05) is 31.2 Å². The summed E-state index contributed by atoms with van der Waals surface area (Å²) in [5, 5.41) is 3.30. The Bertz CT molecular complexity index is 399. The number of rotatable bonds is 7. The molecule has 0 saturated heterocycles. The number of carbonyl (C=O) groups is 1. The van der Waals surface area contributed by atoms with E-state index in [1.807, 2.05) is 30.3 Å². The Morgan fingerprint density at radius 3 is 2.67 bits per heavy atom. The van der Waals surface area contributed by atoms with E-state index in [1.165, 1.54) is 0 Å². The number of primary amides is 1. The third-order valence-electron chi connectivity index (χ3n) is 2.36. The van der Waals surface area contributed by atoms with Gasteiger partial charge >= 0.3 is 0 Å². The number of hydrogen-bond donors (Lipinski definition) is 2. The SMILES string of the molecule is CCNC(C)/C=C/c1ccc(OCC(N)=O)cc1. The van der Waals surface area contributed by atoms with Crippen molar-refractivity contribution in [1.29, 1.82) is 0 Å². The van der Waals surface area contributed by atoms with E-state index < -0.39 is 5.91 Å². The van der Waals surface area contributed by atoms with Crippen LogP contribution >= 0.6 is 0 Å². The van der Waals surface area contributed by atoms with Crippen LogP contribution in [0.15, 0.2) is 30.3 Å². The molecule has 0 fully saturated rings. The molecule has 3 N–H and O–H groups in total. The molecule has 98 valence electrons. The maximum atomic E-state index is 10.6. The van der Waals surface area contributed by atoms with Crippen LogP contribution < -0.4 is 15.8 Å². The van der Waals surface area contributed by atoms with Gasteiger partial charge in [0.2, 0.25) is 0 Å². The number of nitrogens with one attached hydrogen (secondary N) is 1. The standard InChI is InChI=1S/C14H20N2O2/c1-3-16-11(2)4-5-12-6-8-13(9-7-12)18-10-14(15)17/h4-9,11,16H,3,10H2,1-2H3,(H2,15,17)/b5-4+. The van der Waals surface area contributed by atoms with Crippen LogP contribution in [0.1, 0.15) is 19.4 Å². The Balaban J connectivity index is 2.52. The lowest BCUT2D eigenvalue weighted by Crippen LogP contribution is -2.22. The fourth-order valence-corrected chi connectivity index (χ4v) is 1.48. The first kappa shape index (κ1) is 14.3. The highest BCUT2D eigenvalue weighted by Gasteiger charge is 1.97. The van der Waals surface area contributed by atoms with Crippen LogP contribution in [0.2, 0.25) is 0 Å². The van der Waals surface area contributed by atoms with Gasteiger partial charge in [-0.05, 0) is 31.2 Å². The smallest absolute Gasteiger partial charge is 0.255 e. The lowest BCUT2D eigenvalue weighted by atomic mass is 10.2. The van der Waals surface area contributed by atoms with Gasteiger partial charge in [-0.15, -0.1) is 0 Å². The number of likely N-dealkylation sites (N-methyl/N-ethyl adjacent to an activating group) is 1. The second-order valence-corrected chi connectivity index (χ2v) is 4.03. The van der Waals surface area contributed by atoms with E-state index in [9.17, 15) is 4.79 Å². The van der Waals surface area contributed by atoms with Gasteiger partial charge in [0.05, 0.1) is 0 Å². The summed E-state index contributed by atoms with van der Waals surface area (Å²) in [6.07, 6.45) is 4.15. The van der Waals surface area contributed by atoms with Crippen molar-refractivity contribution in [1.82, 2.24) is 5.32 Å². The molecule has 18 heavy (non-hydrogen) atoms. The molecule has 0 aliphatic heterocycles. The average Bonchev–Trinajstić information content (AvgIpc) is 2.35. The van der Waals surface area contributed by atoms with Crippen LogP contribution in [0.5, 0.6) is 5.75 Å². The van der Waals surface area contributed by atoms with Crippen LogP contribution in [0.25, 0.3) is 6.08 Å². The molecule has 1 unspecified atom stereocenters. The second kappa shape index (κ2) is 7.50. The van der Waals surface area contributed by atoms with Crippen LogP contribution in [0, 0.1) is 0 Å². The van der Waals surface area contributed by atoms with Gasteiger partial charge in [0.25, 0.3) is 5.91 Å². The van der Waals surface area contributed by atoms with Crippen molar-refractivity contribution in [2.75, 3.05) is 13.2 Å². The summed E-state index contributed by atoms with van der Waals surface area (Å²) in [7, 11) is 0. The van der Waals surface area contributed by atoms with Crippen molar-refractivity contribution in [3.63, 3.8) is 0 Å². The molecule has 0 radical (unpaired) electrons. The van der Waals surface area contributed by atoms with Crippen molar-refractivity contribution in [3.05, 3.63) is 35.9 Å². The van der Waals surface area contributed by atoms with Gasteiger partial charge in [0.15, 0.2) is 6.61 Å². The molecule has 0 aliphatic carbocycles. The van der Waals surface area contributed by atoms with Gasteiger partial charge < -0.3 is 15.8 Å². The number of benzene rings is 1. The van der Waals surface area contributed by atoms with Crippen molar-refractivity contribution in [2.45, 2.75) is 19.9 Å². The van der Waals surface area contributed by atoms with Gasteiger partial charge in [-0.3, -0.25) is 4.79 Å². The second-order valence-electron chi connectivity index (χ2n) is 4.03. The molecule has 0 aromatic heterocycles. The summed E-state index contributed by atoms with van der Waals surface area (Å²) in [6.45, 7) is 5.04. The molecule has 0 spiro atoms. The summed E-state index contributed by atoms with van der Waals surface area (Å²) >= 11 is 0. The van der Waals surface area contributed by atoms with E-state index in [0.717, 1.165) is 12.1 Å². The molecule has 0 bridgehead atoms. The summed E-state index contributed by atoms with van der Waals surface area (Å²) in [5.41, 5.74) is 6.09. The largest absolute Gasteiger partial charge is 0.484 e. The lowest BCUT2D eigenvalue weighted by Gasteiger charge is -2.06. The predicted molar refractivity (Wildman–Crippen MR) is 73.3 cm³/mol. The molecule has 0 aliphatic rings. The lowest BCUT2D eigenvalue weighted by molar-refractivity contribution is -0.119. The number of nitrogens with two attached hydrogens (primary N) is 1. The number of amides is 1. The highest BCUT2D eigenvalue weighted by molar-refractivity contribution is 5.75. The van der Waals surface area contributed by atoms with Gasteiger partial charge in [-0.25, -0.2) is 0 Å². The van der Waals surface area contributed by atoms with E-state index in [0.29, 0.717) is 11.8 Å². The number of hydrogen-bond acceptors (Lipinski definition) is 3. The Hall–Kier alpha value is -1.81. The zero-order chi connectivity index (χ0) is 13.4. The first-order chi connectivity index (χ1) is 8.61. The third-order valence-corrected chi connectivity index (χ3v) is 2.36. The molecule has 1 rings (SSSR count). The van der Waals surface area contributed by atoms with E-state index in [4.69, 9.17) is 10.5 Å². The zero-order valence-electron chi connectivity index (χ0n) is 10.8. The average molecular weight is 248 g/mol. The molecule has 1 aromatic rings. The highest BCUT2D eigenvalue weighted by atomic mass is 16.5. The first-order valence-corrected chi connectivity index (χ1v) is 6.04. The number of ether oxygens (including phenoxy) is 1. The molecule has 0 saturated carbocycles. The van der Waals surface area contributed by atoms with Crippen LogP contribution in [0.4, 0.5) is 0 Å². The summed E-state index contributed by atoms with van der Waals surface area (Å²) in [6, 6.07) is 7.86. The quantitative estimate of drug-likeness (QED) is 0.769. The molecule has 1 amide bonds.